The summed E-state index contributed by atoms with van der Waals surface area (Å²) in [6, 6.07) is 3.73. The second-order valence-corrected chi connectivity index (χ2v) is 6.30. The first-order chi connectivity index (χ1) is 8.84. The maximum Gasteiger partial charge on any atom is 0.315 e. The molecule has 1 rings (SSSR count). The van der Waals surface area contributed by atoms with Crippen LogP contribution in [0.3, 0.4) is 0 Å². The van der Waals surface area contributed by atoms with Gasteiger partial charge in [-0.15, -0.1) is 0 Å². The minimum atomic E-state index is -0.691. The lowest BCUT2D eigenvalue weighted by molar-refractivity contribution is 0.239. The molecule has 0 aromatic heterocycles. The van der Waals surface area contributed by atoms with Gasteiger partial charge in [0.2, 0.25) is 0 Å². The lowest BCUT2D eigenvalue weighted by Gasteiger charge is -2.22. The first-order valence-electron chi connectivity index (χ1n) is 5.88. The van der Waals surface area contributed by atoms with Crippen LogP contribution in [0, 0.1) is 5.82 Å². The standard InChI is InChI=1S/C13H19FN2O2S/c1-13(2,19-3)8-16-12(18)15-7-9-4-5-11(17)10(14)6-9/h4-6,17H,7-8H2,1-3H3,(H2,15,16,18). The van der Waals surface area contributed by atoms with Crippen LogP contribution in [0.15, 0.2) is 18.2 Å². The second kappa shape index (κ2) is 6.65. The largest absolute Gasteiger partial charge is 0.505 e. The van der Waals surface area contributed by atoms with Crippen molar-refractivity contribution in [1.29, 1.82) is 0 Å². The molecule has 1 aromatic carbocycles. The maximum atomic E-state index is 13.1. The number of phenols is 1. The molecule has 0 heterocycles. The van der Waals surface area contributed by atoms with E-state index in [4.69, 9.17) is 5.11 Å². The average Bonchev–Trinajstić information content (AvgIpc) is 2.38. The van der Waals surface area contributed by atoms with Gasteiger partial charge in [-0.05, 0) is 37.8 Å². The van der Waals surface area contributed by atoms with Crippen molar-refractivity contribution < 1.29 is 14.3 Å². The number of thioether (sulfide) groups is 1. The fraction of sp³-hybridized carbons (Fsp3) is 0.462. The average molecular weight is 286 g/mol. The monoisotopic (exact) mass is 286 g/mol. The number of urea groups is 1. The Balaban J connectivity index is 2.40. The van der Waals surface area contributed by atoms with Crippen molar-refractivity contribution in [3.8, 4) is 5.75 Å². The Morgan fingerprint density at radius 3 is 2.68 bits per heavy atom. The van der Waals surface area contributed by atoms with Crippen LogP contribution in [-0.4, -0.2) is 28.7 Å². The van der Waals surface area contributed by atoms with Crippen molar-refractivity contribution in [2.45, 2.75) is 25.1 Å². The molecule has 4 nitrogen and oxygen atoms in total. The lowest BCUT2D eigenvalue weighted by Crippen LogP contribution is -2.41. The highest BCUT2D eigenvalue weighted by Crippen LogP contribution is 2.19. The fourth-order valence-corrected chi connectivity index (χ4v) is 1.49. The third-order valence-corrected chi connectivity index (χ3v) is 3.94. The molecule has 1 aromatic rings. The Hall–Kier alpha value is -1.43. The van der Waals surface area contributed by atoms with E-state index in [-0.39, 0.29) is 17.3 Å². The topological polar surface area (TPSA) is 61.4 Å². The Morgan fingerprint density at radius 1 is 1.42 bits per heavy atom. The van der Waals surface area contributed by atoms with E-state index in [1.54, 1.807) is 17.8 Å². The first-order valence-corrected chi connectivity index (χ1v) is 7.11. The number of amides is 2. The van der Waals surface area contributed by atoms with Gasteiger partial charge in [0.05, 0.1) is 0 Å². The highest BCUT2D eigenvalue weighted by molar-refractivity contribution is 7.99. The van der Waals surface area contributed by atoms with Crippen LogP contribution in [-0.2, 0) is 6.54 Å². The summed E-state index contributed by atoms with van der Waals surface area (Å²) >= 11 is 1.67. The van der Waals surface area contributed by atoms with Gasteiger partial charge in [-0.25, -0.2) is 9.18 Å². The molecule has 0 radical (unpaired) electrons. The number of benzene rings is 1. The predicted molar refractivity (Wildman–Crippen MR) is 75.9 cm³/mol. The van der Waals surface area contributed by atoms with Gasteiger partial charge in [-0.3, -0.25) is 0 Å². The number of hydrogen-bond donors (Lipinski definition) is 3. The lowest BCUT2D eigenvalue weighted by atomic mass is 10.2. The fourth-order valence-electron chi connectivity index (χ4n) is 1.27. The van der Waals surface area contributed by atoms with E-state index in [9.17, 15) is 9.18 Å². The minimum Gasteiger partial charge on any atom is -0.505 e. The van der Waals surface area contributed by atoms with Crippen molar-refractivity contribution in [2.75, 3.05) is 12.8 Å². The zero-order chi connectivity index (χ0) is 14.5. The first kappa shape index (κ1) is 15.6. The van der Waals surface area contributed by atoms with Crippen LogP contribution in [0.2, 0.25) is 0 Å². The van der Waals surface area contributed by atoms with Gasteiger partial charge in [0.1, 0.15) is 0 Å². The molecule has 0 saturated heterocycles. The van der Waals surface area contributed by atoms with Crippen LogP contribution >= 0.6 is 11.8 Å². The number of aromatic hydroxyl groups is 1. The van der Waals surface area contributed by atoms with Crippen molar-refractivity contribution in [3.63, 3.8) is 0 Å². The highest BCUT2D eigenvalue weighted by Gasteiger charge is 2.16. The SMILES string of the molecule is CSC(C)(C)CNC(=O)NCc1ccc(O)c(F)c1. The molecule has 0 saturated carbocycles. The third-order valence-electron chi connectivity index (χ3n) is 2.69. The molecule has 106 valence electrons. The summed E-state index contributed by atoms with van der Waals surface area (Å²) in [5.74, 6) is -1.09. The number of phenolic OH excluding ortho intramolecular Hbond substituents is 1. The van der Waals surface area contributed by atoms with Gasteiger partial charge in [-0.1, -0.05) is 6.07 Å². The van der Waals surface area contributed by atoms with Gasteiger partial charge < -0.3 is 15.7 Å². The normalized spacial score (nSPS) is 11.2. The Kier molecular flexibility index (Phi) is 5.47. The smallest absolute Gasteiger partial charge is 0.315 e. The number of halogens is 1. The summed E-state index contributed by atoms with van der Waals surface area (Å²) in [6.45, 7) is 4.83. The van der Waals surface area contributed by atoms with E-state index in [2.05, 4.69) is 10.6 Å². The summed E-state index contributed by atoms with van der Waals surface area (Å²) in [4.78, 5) is 11.6. The maximum absolute atomic E-state index is 13.1. The number of hydrogen-bond acceptors (Lipinski definition) is 3. The Bertz CT molecular complexity index is 452. The third kappa shape index (κ3) is 5.38. The van der Waals surface area contributed by atoms with Crippen LogP contribution in [0.1, 0.15) is 19.4 Å². The molecular formula is C13H19FN2O2S. The Labute approximate surface area is 116 Å². The minimum absolute atomic E-state index is 0.0258. The summed E-state index contributed by atoms with van der Waals surface area (Å²) in [5, 5.41) is 14.4. The number of nitrogens with one attached hydrogen (secondary N) is 2. The van der Waals surface area contributed by atoms with Crippen molar-refractivity contribution >= 4 is 17.8 Å². The molecule has 2 amide bonds. The molecule has 0 atom stereocenters. The zero-order valence-electron chi connectivity index (χ0n) is 11.3. The van der Waals surface area contributed by atoms with E-state index in [0.29, 0.717) is 12.1 Å². The van der Waals surface area contributed by atoms with Crippen LogP contribution < -0.4 is 10.6 Å². The number of carbonyl (C=O) groups is 1. The van der Waals surface area contributed by atoms with Gasteiger partial charge in [0.15, 0.2) is 11.6 Å². The quantitative estimate of drug-likeness (QED) is 0.779. The molecule has 6 heteroatoms. The number of rotatable bonds is 5. The van der Waals surface area contributed by atoms with Crippen LogP contribution in [0.25, 0.3) is 0 Å². The van der Waals surface area contributed by atoms with Gasteiger partial charge in [0.25, 0.3) is 0 Å². The molecule has 0 unspecified atom stereocenters. The Morgan fingerprint density at radius 2 is 2.11 bits per heavy atom. The van der Waals surface area contributed by atoms with E-state index >= 15 is 0 Å². The molecule has 0 spiro atoms. The molecular weight excluding hydrogens is 267 g/mol. The van der Waals surface area contributed by atoms with Crippen LogP contribution in [0.5, 0.6) is 5.75 Å². The molecule has 0 fully saturated rings. The van der Waals surface area contributed by atoms with Crippen molar-refractivity contribution in [2.24, 2.45) is 0 Å². The van der Waals surface area contributed by atoms with Crippen molar-refractivity contribution in [1.82, 2.24) is 10.6 Å². The predicted octanol–water partition coefficient (Wildman–Crippen LogP) is 2.47. The van der Waals surface area contributed by atoms with E-state index in [1.165, 1.54) is 12.1 Å². The van der Waals surface area contributed by atoms with E-state index in [0.717, 1.165) is 0 Å². The molecule has 0 aliphatic carbocycles. The molecule has 3 N–H and O–H groups in total. The van der Waals surface area contributed by atoms with Gasteiger partial charge in [0, 0.05) is 17.8 Å². The second-order valence-electron chi connectivity index (χ2n) is 4.79. The summed E-state index contributed by atoms with van der Waals surface area (Å²) < 4.78 is 13.0. The van der Waals surface area contributed by atoms with Gasteiger partial charge >= 0.3 is 6.03 Å². The van der Waals surface area contributed by atoms with E-state index < -0.39 is 11.6 Å². The van der Waals surface area contributed by atoms with E-state index in [1.807, 2.05) is 20.1 Å². The molecule has 0 aliphatic heterocycles. The van der Waals surface area contributed by atoms with Crippen LogP contribution in [0.4, 0.5) is 9.18 Å². The number of carbonyl (C=O) groups excluding carboxylic acids is 1. The summed E-state index contributed by atoms with van der Waals surface area (Å²) in [5.41, 5.74) is 0.592. The molecule has 0 aliphatic rings. The molecule has 0 bridgehead atoms. The van der Waals surface area contributed by atoms with Gasteiger partial charge in [-0.2, -0.15) is 11.8 Å². The summed E-state index contributed by atoms with van der Waals surface area (Å²) in [6.07, 6.45) is 1.98. The van der Waals surface area contributed by atoms with Crippen molar-refractivity contribution in [3.05, 3.63) is 29.6 Å². The molecule has 19 heavy (non-hydrogen) atoms. The highest BCUT2D eigenvalue weighted by atomic mass is 32.2. The zero-order valence-corrected chi connectivity index (χ0v) is 12.1. The summed E-state index contributed by atoms with van der Waals surface area (Å²) in [7, 11) is 0.